The molecule has 0 radical (unpaired) electrons. The third kappa shape index (κ3) is 3.39. The van der Waals surface area contributed by atoms with Crippen LogP contribution in [0.3, 0.4) is 0 Å². The van der Waals surface area contributed by atoms with Gasteiger partial charge < -0.3 is 14.2 Å². The fraction of sp³-hybridized carbons (Fsp3) is 0.571. The number of carbonyl (C=O) groups excluding carboxylic acids is 1. The highest BCUT2D eigenvalue weighted by molar-refractivity contribution is 5.92. The molecule has 0 aliphatic heterocycles. The van der Waals surface area contributed by atoms with Crippen LogP contribution in [0, 0.1) is 0 Å². The van der Waals surface area contributed by atoms with Crippen LogP contribution in [0.25, 0.3) is 10.9 Å². The van der Waals surface area contributed by atoms with E-state index >= 15 is 0 Å². The minimum Gasteiger partial charge on any atom is -0.496 e. The summed E-state index contributed by atoms with van der Waals surface area (Å²) >= 11 is 0. The zero-order valence-electron chi connectivity index (χ0n) is 15.8. The number of aryl methyl sites for hydroxylation is 1. The molecule has 1 aromatic heterocycles. The van der Waals surface area contributed by atoms with Gasteiger partial charge in [-0.2, -0.15) is 0 Å². The Morgan fingerprint density at radius 2 is 1.88 bits per heavy atom. The summed E-state index contributed by atoms with van der Waals surface area (Å²) in [6.45, 7) is 6.40. The molecule has 0 unspecified atom stereocenters. The molecule has 0 N–H and O–H groups in total. The summed E-state index contributed by atoms with van der Waals surface area (Å²) in [5, 5.41) is 1.21. The van der Waals surface area contributed by atoms with Crippen LogP contribution in [0.4, 0.5) is 0 Å². The number of rotatable bonds is 7. The molecule has 1 aliphatic rings. The molecule has 136 valence electrons. The summed E-state index contributed by atoms with van der Waals surface area (Å²) in [4.78, 5) is 15.0. The van der Waals surface area contributed by atoms with E-state index in [1.807, 2.05) is 17.0 Å². The van der Waals surface area contributed by atoms with Crippen molar-refractivity contribution in [2.45, 2.75) is 58.9 Å². The number of amides is 1. The third-order valence-electron chi connectivity index (χ3n) is 5.21. The smallest absolute Gasteiger partial charge is 0.242 e. The van der Waals surface area contributed by atoms with E-state index in [4.69, 9.17) is 4.74 Å². The minimum absolute atomic E-state index is 0.233. The highest BCUT2D eigenvalue weighted by Crippen LogP contribution is 2.37. The van der Waals surface area contributed by atoms with E-state index in [9.17, 15) is 4.79 Å². The predicted molar refractivity (Wildman–Crippen MR) is 102 cm³/mol. The molecule has 0 saturated heterocycles. The second-order valence-corrected chi connectivity index (χ2v) is 6.95. The zero-order valence-corrected chi connectivity index (χ0v) is 15.8. The fourth-order valence-electron chi connectivity index (χ4n) is 4.14. The molecule has 1 amide bonds. The van der Waals surface area contributed by atoms with E-state index in [1.54, 1.807) is 7.11 Å². The van der Waals surface area contributed by atoms with Crippen LogP contribution >= 0.6 is 0 Å². The van der Waals surface area contributed by atoms with Gasteiger partial charge in [-0.3, -0.25) is 4.79 Å². The number of fused-ring (bicyclic) bond motifs is 3. The maximum atomic E-state index is 12.9. The Kier molecular flexibility index (Phi) is 5.67. The monoisotopic (exact) mass is 342 g/mol. The first kappa shape index (κ1) is 17.8. The molecule has 0 bridgehead atoms. The van der Waals surface area contributed by atoms with Crippen LogP contribution in [0.2, 0.25) is 0 Å². The van der Waals surface area contributed by atoms with Gasteiger partial charge in [-0.1, -0.05) is 19.9 Å². The van der Waals surface area contributed by atoms with Gasteiger partial charge in [0.2, 0.25) is 5.91 Å². The number of benzene rings is 1. The van der Waals surface area contributed by atoms with E-state index < -0.39 is 0 Å². The normalized spacial score (nSPS) is 13.7. The Balaban J connectivity index is 2.02. The Morgan fingerprint density at radius 3 is 2.56 bits per heavy atom. The van der Waals surface area contributed by atoms with Gasteiger partial charge in [0.1, 0.15) is 12.3 Å². The molecule has 0 saturated carbocycles. The molecular formula is C21H30N2O2. The van der Waals surface area contributed by atoms with Crippen molar-refractivity contribution in [1.82, 2.24) is 9.47 Å². The van der Waals surface area contributed by atoms with Gasteiger partial charge in [-0.25, -0.2) is 0 Å². The third-order valence-corrected chi connectivity index (χ3v) is 5.21. The largest absolute Gasteiger partial charge is 0.496 e. The summed E-state index contributed by atoms with van der Waals surface area (Å²) < 4.78 is 7.88. The Bertz CT molecular complexity index is 742. The summed E-state index contributed by atoms with van der Waals surface area (Å²) in [5.74, 6) is 1.16. The lowest BCUT2D eigenvalue weighted by molar-refractivity contribution is -0.131. The maximum Gasteiger partial charge on any atom is 0.242 e. The molecule has 0 atom stereocenters. The van der Waals surface area contributed by atoms with Gasteiger partial charge in [0.15, 0.2) is 0 Å². The molecule has 0 spiro atoms. The number of nitrogens with zero attached hydrogens (tertiary/aromatic N) is 2. The highest BCUT2D eigenvalue weighted by Gasteiger charge is 2.24. The lowest BCUT2D eigenvalue weighted by atomic mass is 9.95. The number of hydrogen-bond donors (Lipinski definition) is 0. The molecule has 4 nitrogen and oxygen atoms in total. The number of hydrogen-bond acceptors (Lipinski definition) is 2. The van der Waals surface area contributed by atoms with Gasteiger partial charge in [-0.15, -0.1) is 0 Å². The molecule has 25 heavy (non-hydrogen) atoms. The first-order valence-corrected chi connectivity index (χ1v) is 9.65. The number of ether oxygens (including phenoxy) is 1. The van der Waals surface area contributed by atoms with E-state index in [1.165, 1.54) is 29.5 Å². The van der Waals surface area contributed by atoms with Crippen LogP contribution in [0.15, 0.2) is 18.2 Å². The summed E-state index contributed by atoms with van der Waals surface area (Å²) in [5.41, 5.74) is 3.88. The minimum atomic E-state index is 0.233. The predicted octanol–water partition coefficient (Wildman–Crippen LogP) is 4.18. The molecule has 1 aliphatic carbocycles. The van der Waals surface area contributed by atoms with Gasteiger partial charge in [0.05, 0.1) is 12.6 Å². The summed E-state index contributed by atoms with van der Waals surface area (Å²) in [6.07, 6.45) is 6.57. The maximum absolute atomic E-state index is 12.9. The first-order valence-electron chi connectivity index (χ1n) is 9.65. The molecule has 0 fully saturated rings. The lowest BCUT2D eigenvalue weighted by Gasteiger charge is -2.23. The molecule has 1 aromatic carbocycles. The molecule has 1 heterocycles. The van der Waals surface area contributed by atoms with Crippen molar-refractivity contribution < 1.29 is 9.53 Å². The topological polar surface area (TPSA) is 34.5 Å². The van der Waals surface area contributed by atoms with Gasteiger partial charge >= 0.3 is 0 Å². The van der Waals surface area contributed by atoms with Crippen molar-refractivity contribution in [3.05, 3.63) is 29.5 Å². The van der Waals surface area contributed by atoms with E-state index in [0.29, 0.717) is 6.54 Å². The van der Waals surface area contributed by atoms with Crippen molar-refractivity contribution in [3.8, 4) is 5.75 Å². The van der Waals surface area contributed by atoms with Crippen LogP contribution in [-0.2, 0) is 24.2 Å². The molecule has 3 rings (SSSR count). The summed E-state index contributed by atoms with van der Waals surface area (Å²) in [6, 6.07) is 6.20. The quantitative estimate of drug-likeness (QED) is 0.756. The second kappa shape index (κ2) is 7.94. The molecule has 2 aromatic rings. The van der Waals surface area contributed by atoms with Crippen molar-refractivity contribution in [2.24, 2.45) is 0 Å². The average molecular weight is 342 g/mol. The lowest BCUT2D eigenvalue weighted by Crippen LogP contribution is -2.35. The van der Waals surface area contributed by atoms with E-state index in [-0.39, 0.29) is 5.91 Å². The van der Waals surface area contributed by atoms with Crippen LogP contribution in [0.1, 0.15) is 50.8 Å². The van der Waals surface area contributed by atoms with E-state index in [0.717, 1.165) is 50.0 Å². The first-order chi connectivity index (χ1) is 12.2. The van der Waals surface area contributed by atoms with Crippen molar-refractivity contribution in [2.75, 3.05) is 20.2 Å². The Morgan fingerprint density at radius 1 is 1.16 bits per heavy atom. The molecule has 4 heteroatoms. The Hall–Kier alpha value is -1.97. The highest BCUT2D eigenvalue weighted by atomic mass is 16.5. The van der Waals surface area contributed by atoms with Crippen molar-refractivity contribution >= 4 is 16.8 Å². The Labute approximate surface area is 150 Å². The fourth-order valence-corrected chi connectivity index (χ4v) is 4.14. The molecular weight excluding hydrogens is 312 g/mol. The van der Waals surface area contributed by atoms with Crippen molar-refractivity contribution in [3.63, 3.8) is 0 Å². The van der Waals surface area contributed by atoms with Crippen LogP contribution < -0.4 is 4.74 Å². The zero-order chi connectivity index (χ0) is 17.8. The number of methoxy groups -OCH3 is 1. The van der Waals surface area contributed by atoms with Gasteiger partial charge in [0.25, 0.3) is 0 Å². The standard InChI is InChI=1S/C21H30N2O2/c1-4-13-22(14-5-2)20(24)15-23-17-10-7-6-9-16(17)21-18(23)11-8-12-19(21)25-3/h8,11-12H,4-7,9-10,13-15H2,1-3H3. The summed E-state index contributed by atoms with van der Waals surface area (Å²) in [7, 11) is 1.73. The average Bonchev–Trinajstić information content (AvgIpc) is 2.96. The SMILES string of the molecule is CCCN(CCC)C(=O)Cn1c2c(c3c(OC)cccc31)CCCC2. The second-order valence-electron chi connectivity index (χ2n) is 6.95. The van der Waals surface area contributed by atoms with Gasteiger partial charge in [-0.05, 0) is 56.2 Å². The van der Waals surface area contributed by atoms with Crippen molar-refractivity contribution in [1.29, 1.82) is 0 Å². The van der Waals surface area contributed by atoms with Crippen LogP contribution in [0.5, 0.6) is 5.75 Å². The van der Waals surface area contributed by atoms with Crippen LogP contribution in [-0.4, -0.2) is 35.6 Å². The number of carbonyl (C=O) groups is 1. The van der Waals surface area contributed by atoms with Gasteiger partial charge in [0, 0.05) is 24.2 Å². The van der Waals surface area contributed by atoms with E-state index in [2.05, 4.69) is 24.5 Å². The number of aromatic nitrogens is 1.